The number of carbonyl (C=O) groups is 3. The highest BCUT2D eigenvalue weighted by Crippen LogP contribution is 2.43. The van der Waals surface area contributed by atoms with Crippen molar-refractivity contribution in [3.8, 4) is 0 Å². The van der Waals surface area contributed by atoms with Crippen LogP contribution >= 0.6 is 7.60 Å². The van der Waals surface area contributed by atoms with E-state index in [4.69, 9.17) is 0 Å². The largest absolute Gasteiger partial charge is 0.480 e. The molecule has 10 heteroatoms. The van der Waals surface area contributed by atoms with Crippen molar-refractivity contribution < 1.29 is 33.8 Å². The summed E-state index contributed by atoms with van der Waals surface area (Å²) in [4.78, 5) is 57.8. The Bertz CT molecular complexity index is 1020. The van der Waals surface area contributed by atoms with E-state index in [9.17, 15) is 33.8 Å². The highest BCUT2D eigenvalue weighted by atomic mass is 31.2. The van der Waals surface area contributed by atoms with Gasteiger partial charge < -0.3 is 20.2 Å². The number of nitrogens with one attached hydrogen (secondary N) is 1. The van der Waals surface area contributed by atoms with Gasteiger partial charge in [0.05, 0.1) is 0 Å². The third-order valence-corrected chi connectivity index (χ3v) is 6.37. The lowest BCUT2D eigenvalue weighted by molar-refractivity contribution is -0.137. The number of aryl methyl sites for hydroxylation is 1. The van der Waals surface area contributed by atoms with Crippen molar-refractivity contribution in [3.63, 3.8) is 0 Å². The molecule has 9 nitrogen and oxygen atoms in total. The SMILES string of the molecule is O=C(O)CN1C(=O)[C@@H](NC(=O)C(Cc2ccccc2)P(=O)(O)O)CCc2ccccc21. The molecule has 1 aliphatic heterocycles. The van der Waals surface area contributed by atoms with E-state index in [1.807, 2.05) is 0 Å². The Morgan fingerprint density at radius 3 is 2.39 bits per heavy atom. The summed E-state index contributed by atoms with van der Waals surface area (Å²) in [7, 11) is -4.82. The Balaban J connectivity index is 1.84. The van der Waals surface area contributed by atoms with Crippen LogP contribution in [0.25, 0.3) is 0 Å². The predicted octanol–water partition coefficient (Wildman–Crippen LogP) is 1.32. The van der Waals surface area contributed by atoms with Gasteiger partial charge in [-0.1, -0.05) is 48.5 Å². The summed E-state index contributed by atoms with van der Waals surface area (Å²) in [6.07, 6.45) is 0.371. The molecule has 0 radical (unpaired) electrons. The molecule has 0 fully saturated rings. The van der Waals surface area contributed by atoms with Crippen LogP contribution in [0.3, 0.4) is 0 Å². The van der Waals surface area contributed by atoms with Crippen LogP contribution in [0.5, 0.6) is 0 Å². The average molecular weight is 446 g/mol. The second kappa shape index (κ2) is 9.43. The lowest BCUT2D eigenvalue weighted by Crippen LogP contribution is -2.51. The number of hydrogen-bond acceptors (Lipinski definition) is 4. The lowest BCUT2D eigenvalue weighted by atomic mass is 10.1. The number of nitrogens with zero attached hydrogens (tertiary/aromatic N) is 1. The number of anilines is 1. The lowest BCUT2D eigenvalue weighted by Gasteiger charge is -2.26. The quantitative estimate of drug-likeness (QED) is 0.470. The van der Waals surface area contributed by atoms with Crippen LogP contribution in [0.4, 0.5) is 5.69 Å². The molecule has 3 rings (SSSR count). The third kappa shape index (κ3) is 5.58. The van der Waals surface area contributed by atoms with E-state index >= 15 is 0 Å². The molecule has 0 aromatic heterocycles. The first kappa shape index (κ1) is 22.7. The van der Waals surface area contributed by atoms with Crippen LogP contribution in [-0.2, 0) is 31.8 Å². The van der Waals surface area contributed by atoms with Gasteiger partial charge in [0.1, 0.15) is 18.2 Å². The van der Waals surface area contributed by atoms with Gasteiger partial charge in [-0.2, -0.15) is 0 Å². The maximum atomic E-state index is 13.1. The van der Waals surface area contributed by atoms with Crippen LogP contribution in [0.1, 0.15) is 17.5 Å². The highest BCUT2D eigenvalue weighted by Gasteiger charge is 2.39. The number of amides is 2. The Hall–Kier alpha value is -3.00. The van der Waals surface area contributed by atoms with Crippen molar-refractivity contribution in [1.29, 1.82) is 0 Å². The van der Waals surface area contributed by atoms with Crippen LogP contribution in [0.15, 0.2) is 54.6 Å². The fourth-order valence-corrected chi connectivity index (χ4v) is 4.45. The van der Waals surface area contributed by atoms with Crippen molar-refractivity contribution in [2.45, 2.75) is 31.0 Å². The maximum absolute atomic E-state index is 13.1. The zero-order valence-corrected chi connectivity index (χ0v) is 17.4. The smallest absolute Gasteiger partial charge is 0.338 e. The molecule has 0 aliphatic carbocycles. The molecule has 4 N–H and O–H groups in total. The molecular weight excluding hydrogens is 423 g/mol. The molecule has 2 aromatic carbocycles. The van der Waals surface area contributed by atoms with Gasteiger partial charge in [-0.25, -0.2) is 0 Å². The van der Waals surface area contributed by atoms with Gasteiger partial charge in [-0.3, -0.25) is 23.8 Å². The summed E-state index contributed by atoms with van der Waals surface area (Å²) in [5, 5.41) is 11.7. The summed E-state index contributed by atoms with van der Waals surface area (Å²) in [6, 6.07) is 14.2. The second-order valence-electron chi connectivity index (χ2n) is 7.34. The van der Waals surface area contributed by atoms with E-state index in [0.717, 1.165) is 10.5 Å². The normalized spacial score (nSPS) is 17.4. The zero-order valence-electron chi connectivity index (χ0n) is 16.5. The van der Waals surface area contributed by atoms with E-state index in [1.54, 1.807) is 54.6 Å². The minimum atomic E-state index is -4.82. The number of aliphatic carboxylic acids is 1. The fourth-order valence-electron chi connectivity index (χ4n) is 3.62. The number of fused-ring (bicyclic) bond motifs is 1. The molecule has 2 amide bonds. The van der Waals surface area contributed by atoms with Crippen molar-refractivity contribution in [2.24, 2.45) is 0 Å². The van der Waals surface area contributed by atoms with Gasteiger partial charge in [0, 0.05) is 5.69 Å². The van der Waals surface area contributed by atoms with Gasteiger partial charge in [0.15, 0.2) is 0 Å². The first-order valence-electron chi connectivity index (χ1n) is 9.67. The number of carboxylic acid groups (broad SMARTS) is 1. The number of benzene rings is 2. The summed E-state index contributed by atoms with van der Waals surface area (Å²) in [6.45, 7) is -0.589. The highest BCUT2D eigenvalue weighted by molar-refractivity contribution is 7.53. The molecule has 1 unspecified atom stereocenters. The minimum absolute atomic E-state index is 0.178. The first-order valence-corrected chi connectivity index (χ1v) is 11.4. The molecule has 2 aromatic rings. The molecule has 0 bridgehead atoms. The Morgan fingerprint density at radius 1 is 1.10 bits per heavy atom. The van der Waals surface area contributed by atoms with Crippen LogP contribution < -0.4 is 10.2 Å². The van der Waals surface area contributed by atoms with Gasteiger partial charge in [-0.15, -0.1) is 0 Å². The predicted molar refractivity (Wildman–Crippen MR) is 113 cm³/mol. The van der Waals surface area contributed by atoms with E-state index < -0.39 is 43.6 Å². The maximum Gasteiger partial charge on any atom is 0.338 e. The molecule has 164 valence electrons. The van der Waals surface area contributed by atoms with E-state index in [1.165, 1.54) is 0 Å². The second-order valence-corrected chi connectivity index (χ2v) is 9.14. The monoisotopic (exact) mass is 446 g/mol. The molecule has 0 spiro atoms. The van der Waals surface area contributed by atoms with Crippen LogP contribution in [-0.4, -0.2) is 50.9 Å². The van der Waals surface area contributed by atoms with Crippen molar-refractivity contribution in [2.75, 3.05) is 11.4 Å². The van der Waals surface area contributed by atoms with E-state index in [2.05, 4.69) is 5.32 Å². The van der Waals surface area contributed by atoms with E-state index in [-0.39, 0.29) is 12.8 Å². The Labute approximate surface area is 178 Å². The Morgan fingerprint density at radius 2 is 1.74 bits per heavy atom. The number of para-hydroxylation sites is 1. The van der Waals surface area contributed by atoms with Gasteiger partial charge in [-0.05, 0) is 36.5 Å². The Kier molecular flexibility index (Phi) is 6.90. The molecule has 31 heavy (non-hydrogen) atoms. The summed E-state index contributed by atoms with van der Waals surface area (Å²) >= 11 is 0. The van der Waals surface area contributed by atoms with Crippen molar-refractivity contribution in [1.82, 2.24) is 5.32 Å². The van der Waals surface area contributed by atoms with E-state index in [0.29, 0.717) is 17.7 Å². The number of carbonyl (C=O) groups excluding carboxylic acids is 2. The number of rotatable bonds is 7. The molecule has 1 aliphatic rings. The van der Waals surface area contributed by atoms with Gasteiger partial charge >= 0.3 is 13.6 Å². The summed E-state index contributed by atoms with van der Waals surface area (Å²) < 4.78 is 12.0. The minimum Gasteiger partial charge on any atom is -0.480 e. The third-order valence-electron chi connectivity index (χ3n) is 5.14. The standard InChI is InChI=1S/C21H23N2O7P/c24-19(25)13-23-17-9-5-4-8-15(17)10-11-16(21(23)27)22-20(26)18(31(28,29)30)12-14-6-2-1-3-7-14/h1-9,16,18H,10-13H2,(H,22,26)(H,24,25)(H2,28,29,30)/t16-,18?/m0/s1. The van der Waals surface area contributed by atoms with Crippen molar-refractivity contribution in [3.05, 3.63) is 65.7 Å². The number of carboxylic acids is 1. The molecule has 1 heterocycles. The van der Waals surface area contributed by atoms with Gasteiger partial charge in [0.25, 0.3) is 0 Å². The summed E-state index contributed by atoms with van der Waals surface area (Å²) in [5.41, 5.74) is 0.103. The molecule has 2 atom stereocenters. The van der Waals surface area contributed by atoms with Gasteiger partial charge in [0.2, 0.25) is 11.8 Å². The summed E-state index contributed by atoms with van der Waals surface area (Å²) in [5.74, 6) is -2.80. The fraction of sp³-hybridized carbons (Fsp3) is 0.286. The number of hydrogen-bond donors (Lipinski definition) is 4. The van der Waals surface area contributed by atoms with Crippen LogP contribution in [0, 0.1) is 0 Å². The molecular formula is C21H23N2O7P. The topological polar surface area (TPSA) is 144 Å². The van der Waals surface area contributed by atoms with Crippen LogP contribution in [0.2, 0.25) is 0 Å². The zero-order chi connectivity index (χ0) is 22.6. The average Bonchev–Trinajstić information content (AvgIpc) is 2.84. The molecule has 0 saturated carbocycles. The van der Waals surface area contributed by atoms with Crippen molar-refractivity contribution >= 4 is 31.1 Å². The molecule has 0 saturated heterocycles. The first-order chi connectivity index (χ1) is 14.7.